The number of carbonyl (C=O) groups is 2. The highest BCUT2D eigenvalue weighted by molar-refractivity contribution is 5.96. The Balaban J connectivity index is 2.73. The maximum atomic E-state index is 13.0. The van der Waals surface area contributed by atoms with Gasteiger partial charge in [-0.2, -0.15) is 0 Å². The summed E-state index contributed by atoms with van der Waals surface area (Å²) in [5.74, 6) is 0.362. The fourth-order valence-corrected chi connectivity index (χ4v) is 4.20. The molecule has 0 unspecified atom stereocenters. The number of hydrogen-bond acceptors (Lipinski definition) is 6. The number of nitrogens with one attached hydrogen (secondary N) is 2. The molecule has 0 aromatic heterocycles. The number of amides is 2. The fourth-order valence-electron chi connectivity index (χ4n) is 4.20. The Morgan fingerprint density at radius 1 is 1.03 bits per heavy atom. The predicted octanol–water partition coefficient (Wildman–Crippen LogP) is 3.93. The first-order chi connectivity index (χ1) is 18.1. The first-order valence-electron chi connectivity index (χ1n) is 14.0. The lowest BCUT2D eigenvalue weighted by molar-refractivity contribution is -0.127. The summed E-state index contributed by atoms with van der Waals surface area (Å²) in [7, 11) is 1.62. The fraction of sp³-hybridized carbons (Fsp3) is 0.667. The molecule has 8 nitrogen and oxygen atoms in total. The van der Waals surface area contributed by atoms with Crippen molar-refractivity contribution in [2.24, 2.45) is 29.4 Å². The van der Waals surface area contributed by atoms with E-state index in [1.807, 2.05) is 32.1 Å². The van der Waals surface area contributed by atoms with Crippen molar-refractivity contribution in [1.82, 2.24) is 10.6 Å². The number of hydrogen-bond donors (Lipinski definition) is 4. The molecule has 216 valence electrons. The van der Waals surface area contributed by atoms with Gasteiger partial charge in [0, 0.05) is 32.2 Å². The number of benzene rings is 1. The van der Waals surface area contributed by atoms with E-state index in [9.17, 15) is 14.7 Å². The number of aliphatic hydroxyl groups is 1. The number of ether oxygens (including phenoxy) is 2. The number of carbonyl (C=O) groups excluding carboxylic acids is 2. The molecule has 0 fully saturated rings. The highest BCUT2D eigenvalue weighted by atomic mass is 16.5. The molecule has 1 aromatic rings. The molecule has 5 N–H and O–H groups in total. The Hall–Kier alpha value is -2.42. The minimum Gasteiger partial charge on any atom is -0.489 e. The van der Waals surface area contributed by atoms with Gasteiger partial charge < -0.3 is 30.9 Å². The van der Waals surface area contributed by atoms with Crippen molar-refractivity contribution in [3.8, 4) is 5.75 Å². The van der Waals surface area contributed by atoms with Gasteiger partial charge in [-0.1, -0.05) is 59.2 Å². The van der Waals surface area contributed by atoms with E-state index in [1.54, 1.807) is 25.3 Å². The van der Waals surface area contributed by atoms with Crippen LogP contribution >= 0.6 is 0 Å². The number of aliphatic hydroxyl groups excluding tert-OH is 1. The summed E-state index contributed by atoms with van der Waals surface area (Å²) in [4.78, 5) is 25.7. The zero-order valence-electron chi connectivity index (χ0n) is 24.2. The van der Waals surface area contributed by atoms with Crippen LogP contribution in [0.3, 0.4) is 0 Å². The molecule has 1 rings (SSSR count). The molecule has 0 aliphatic carbocycles. The van der Waals surface area contributed by atoms with Gasteiger partial charge in [-0.05, 0) is 55.2 Å². The van der Waals surface area contributed by atoms with Crippen LogP contribution in [0.1, 0.15) is 70.7 Å². The van der Waals surface area contributed by atoms with E-state index in [4.69, 9.17) is 15.2 Å². The Morgan fingerprint density at radius 3 is 2.34 bits per heavy atom. The van der Waals surface area contributed by atoms with Crippen LogP contribution < -0.4 is 21.1 Å². The van der Waals surface area contributed by atoms with Crippen LogP contribution in [0, 0.1) is 23.7 Å². The molecular weight excluding hydrogens is 482 g/mol. The van der Waals surface area contributed by atoms with E-state index in [0.29, 0.717) is 50.5 Å². The van der Waals surface area contributed by atoms with Gasteiger partial charge in [0.25, 0.3) is 5.91 Å². The van der Waals surface area contributed by atoms with Crippen LogP contribution in [0.5, 0.6) is 5.75 Å². The van der Waals surface area contributed by atoms with Gasteiger partial charge >= 0.3 is 0 Å². The van der Waals surface area contributed by atoms with E-state index >= 15 is 0 Å². The maximum Gasteiger partial charge on any atom is 0.255 e. The topological polar surface area (TPSA) is 123 Å². The van der Waals surface area contributed by atoms with Gasteiger partial charge in [-0.3, -0.25) is 9.59 Å². The molecule has 38 heavy (non-hydrogen) atoms. The normalized spacial score (nSPS) is 14.9. The Bertz CT molecular complexity index is 843. The van der Waals surface area contributed by atoms with E-state index in [2.05, 4.69) is 31.4 Å². The van der Waals surface area contributed by atoms with E-state index in [0.717, 1.165) is 12.8 Å². The van der Waals surface area contributed by atoms with E-state index in [1.165, 1.54) is 0 Å². The average molecular weight is 534 g/mol. The van der Waals surface area contributed by atoms with Crippen molar-refractivity contribution >= 4 is 11.8 Å². The quantitative estimate of drug-likeness (QED) is 0.158. The van der Waals surface area contributed by atoms with E-state index in [-0.39, 0.29) is 35.5 Å². The lowest BCUT2D eigenvalue weighted by atomic mass is 9.83. The number of rotatable bonds is 19. The van der Waals surface area contributed by atoms with Gasteiger partial charge in [0.05, 0.1) is 18.3 Å². The van der Waals surface area contributed by atoms with Crippen molar-refractivity contribution in [3.63, 3.8) is 0 Å². The molecule has 8 heteroatoms. The molecule has 1 aromatic carbocycles. The van der Waals surface area contributed by atoms with Crippen molar-refractivity contribution in [2.45, 2.75) is 72.4 Å². The predicted molar refractivity (Wildman–Crippen MR) is 153 cm³/mol. The molecule has 0 aliphatic rings. The van der Waals surface area contributed by atoms with Gasteiger partial charge in [0.1, 0.15) is 12.4 Å². The largest absolute Gasteiger partial charge is 0.489 e. The molecule has 0 heterocycles. The van der Waals surface area contributed by atoms with Gasteiger partial charge in [-0.25, -0.2) is 0 Å². The van der Waals surface area contributed by atoms with Gasteiger partial charge in [0.2, 0.25) is 5.91 Å². The number of methoxy groups -OCH3 is 1. The molecule has 0 radical (unpaired) electrons. The molecule has 0 bridgehead atoms. The van der Waals surface area contributed by atoms with Crippen LogP contribution in [0.25, 0.3) is 0 Å². The van der Waals surface area contributed by atoms with Crippen LogP contribution in [0.15, 0.2) is 36.4 Å². The molecule has 0 saturated carbocycles. The minimum atomic E-state index is -0.809. The highest BCUT2D eigenvalue weighted by Crippen LogP contribution is 2.24. The van der Waals surface area contributed by atoms with Gasteiger partial charge in [-0.15, -0.1) is 0 Å². The minimum absolute atomic E-state index is 0.0255. The summed E-state index contributed by atoms with van der Waals surface area (Å²) in [5.41, 5.74) is 6.89. The van der Waals surface area contributed by atoms with Crippen molar-refractivity contribution in [3.05, 3.63) is 42.0 Å². The highest BCUT2D eigenvalue weighted by Gasteiger charge is 2.29. The third-order valence-electron chi connectivity index (χ3n) is 6.90. The summed E-state index contributed by atoms with van der Waals surface area (Å²) in [6.45, 7) is 12.1. The second-order valence-electron chi connectivity index (χ2n) is 10.6. The average Bonchev–Trinajstić information content (AvgIpc) is 2.88. The summed E-state index contributed by atoms with van der Waals surface area (Å²) < 4.78 is 10.8. The molecule has 4 atom stereocenters. The zero-order chi connectivity index (χ0) is 28.5. The molecule has 0 saturated heterocycles. The molecular formula is C30H51N3O5. The Labute approximate surface area is 229 Å². The summed E-state index contributed by atoms with van der Waals surface area (Å²) in [5, 5.41) is 16.9. The first-order valence-corrected chi connectivity index (χ1v) is 14.0. The lowest BCUT2D eigenvalue weighted by Crippen LogP contribution is -2.44. The lowest BCUT2D eigenvalue weighted by Gasteiger charge is -2.30. The monoisotopic (exact) mass is 533 g/mol. The van der Waals surface area contributed by atoms with Crippen LogP contribution in [-0.4, -0.2) is 62.5 Å². The molecule has 0 aliphatic heterocycles. The standard InChI is InChI=1S/C30H51N3O5/c1-7-8-15-32-30(36)25(22(4)5)19-27(34)26(31)18-23(21(2)3)20-33-29(35)24-13-9-10-14-28(24)38-17-12-11-16-37-6/h9-14,21-23,25-27,34H,7-8,15-20,31H2,1-6H3,(H,32,36)(H,33,35)/b12-11+/t23-,25+,26+,27+/m1/s1. The first kappa shape index (κ1) is 33.6. The second kappa shape index (κ2) is 18.8. The van der Waals surface area contributed by atoms with Crippen LogP contribution in [-0.2, 0) is 9.53 Å². The molecule has 0 spiro atoms. The van der Waals surface area contributed by atoms with Gasteiger partial charge in [0.15, 0.2) is 0 Å². The third kappa shape index (κ3) is 12.4. The Kier molecular flexibility index (Phi) is 16.6. The van der Waals surface area contributed by atoms with Crippen LogP contribution in [0.2, 0.25) is 0 Å². The zero-order valence-corrected chi connectivity index (χ0v) is 24.2. The van der Waals surface area contributed by atoms with Crippen molar-refractivity contribution in [2.75, 3.05) is 33.4 Å². The van der Waals surface area contributed by atoms with Crippen LogP contribution in [0.4, 0.5) is 0 Å². The Morgan fingerprint density at radius 2 is 1.71 bits per heavy atom. The third-order valence-corrected chi connectivity index (χ3v) is 6.90. The number of para-hydroxylation sites is 1. The number of nitrogens with two attached hydrogens (primary N) is 1. The summed E-state index contributed by atoms with van der Waals surface area (Å²) in [6, 6.07) is 6.64. The maximum absolute atomic E-state index is 13.0. The summed E-state index contributed by atoms with van der Waals surface area (Å²) >= 11 is 0. The van der Waals surface area contributed by atoms with Crippen molar-refractivity contribution in [1.29, 1.82) is 0 Å². The summed E-state index contributed by atoms with van der Waals surface area (Å²) in [6.07, 6.45) is 5.69. The number of unbranched alkanes of at least 4 members (excludes halogenated alkanes) is 1. The molecule has 2 amide bonds. The van der Waals surface area contributed by atoms with E-state index < -0.39 is 12.1 Å². The second-order valence-corrected chi connectivity index (χ2v) is 10.6. The van der Waals surface area contributed by atoms with Crippen molar-refractivity contribution < 1.29 is 24.2 Å². The SMILES string of the molecule is CCCCNC(=O)[C@@H](C[C@H](O)[C@@H](N)C[C@H](CNC(=O)c1ccccc1OC/C=C/COC)C(C)C)C(C)C. The smallest absolute Gasteiger partial charge is 0.255 e.